The van der Waals surface area contributed by atoms with Crippen LogP contribution in [0.4, 0.5) is 10.5 Å². The van der Waals surface area contributed by atoms with Crippen molar-refractivity contribution in [3.8, 4) is 11.3 Å². The number of aromatic nitrogens is 1. The highest BCUT2D eigenvalue weighted by molar-refractivity contribution is 6.10. The van der Waals surface area contributed by atoms with Gasteiger partial charge in [-0.25, -0.2) is 9.78 Å². The third-order valence-electron chi connectivity index (χ3n) is 8.51. The number of benzene rings is 3. The largest absolute Gasteiger partial charge is 0.451 e. The number of likely N-dealkylation sites (tertiary alicyclic amines) is 1. The number of para-hydroxylation sites is 2. The lowest BCUT2D eigenvalue weighted by Crippen LogP contribution is -2.48. The number of piperidine rings is 1. The molecule has 3 heterocycles. The molecule has 0 aliphatic carbocycles. The van der Waals surface area contributed by atoms with Gasteiger partial charge in [0.2, 0.25) is 0 Å². The zero-order chi connectivity index (χ0) is 30.3. The number of amides is 2. The van der Waals surface area contributed by atoms with Crippen LogP contribution in [-0.2, 0) is 16.0 Å². The molecule has 228 valence electrons. The van der Waals surface area contributed by atoms with E-state index in [4.69, 9.17) is 14.5 Å². The molecule has 0 bridgehead atoms. The molecule has 9 heteroatoms. The molecule has 3 aromatic carbocycles. The summed E-state index contributed by atoms with van der Waals surface area (Å²) in [5, 5.41) is 5.73. The molecule has 0 unspecified atom stereocenters. The number of carbonyl (C=O) groups excluding carboxylic acids is 2. The number of anilines is 1. The Labute approximate surface area is 258 Å². The fraction of sp³-hybridized carbons (Fsp3) is 0.343. The van der Waals surface area contributed by atoms with Gasteiger partial charge >= 0.3 is 6.09 Å². The van der Waals surface area contributed by atoms with Crippen LogP contribution in [0.25, 0.3) is 22.2 Å². The number of ether oxygens (including phenoxy) is 2. The lowest BCUT2D eigenvalue weighted by molar-refractivity contribution is 0.0703. The predicted molar refractivity (Wildman–Crippen MR) is 171 cm³/mol. The Hall–Kier alpha value is -4.31. The van der Waals surface area contributed by atoms with Crippen LogP contribution in [0.1, 0.15) is 41.6 Å². The number of hydrogen-bond donors (Lipinski definition) is 2. The Morgan fingerprint density at radius 3 is 2.23 bits per heavy atom. The van der Waals surface area contributed by atoms with E-state index in [-0.39, 0.29) is 0 Å². The van der Waals surface area contributed by atoms with E-state index in [9.17, 15) is 9.59 Å². The van der Waals surface area contributed by atoms with Crippen molar-refractivity contribution in [2.75, 3.05) is 38.4 Å². The van der Waals surface area contributed by atoms with E-state index in [1.54, 1.807) is 24.3 Å². The molecule has 0 saturated carbocycles. The van der Waals surface area contributed by atoms with Crippen molar-refractivity contribution in [3.05, 3.63) is 96.1 Å². The Kier molecular flexibility index (Phi) is 9.45. The number of nitrogens with one attached hydrogen (secondary N) is 2. The average molecular weight is 594 g/mol. The van der Waals surface area contributed by atoms with E-state index in [0.717, 1.165) is 79.2 Å². The lowest BCUT2D eigenvalue weighted by atomic mass is 9.94. The fourth-order valence-electron chi connectivity index (χ4n) is 6.22. The Balaban J connectivity index is 1.35. The van der Waals surface area contributed by atoms with Crippen molar-refractivity contribution < 1.29 is 19.1 Å². The molecule has 44 heavy (non-hydrogen) atoms. The molecule has 2 aliphatic heterocycles. The third kappa shape index (κ3) is 6.75. The zero-order valence-electron chi connectivity index (χ0n) is 25.1. The first-order chi connectivity index (χ1) is 21.6. The maximum Gasteiger partial charge on any atom is 0.433 e. The van der Waals surface area contributed by atoms with Crippen LogP contribution in [0, 0.1) is 0 Å². The molecule has 2 N–H and O–H groups in total. The number of hydrogen-bond acceptors (Lipinski definition) is 7. The minimum Gasteiger partial charge on any atom is -0.451 e. The second-order valence-corrected chi connectivity index (χ2v) is 11.4. The van der Waals surface area contributed by atoms with Crippen LogP contribution in [0.3, 0.4) is 0 Å². The maximum atomic E-state index is 14.4. The van der Waals surface area contributed by atoms with E-state index in [2.05, 4.69) is 15.6 Å². The third-order valence-corrected chi connectivity index (χ3v) is 8.51. The summed E-state index contributed by atoms with van der Waals surface area (Å²) in [6.45, 7) is 4.02. The monoisotopic (exact) mass is 593 g/mol. The van der Waals surface area contributed by atoms with E-state index < -0.39 is 12.0 Å². The number of fused-ring (bicyclic) bond motifs is 1. The standard InChI is InChI=1S/C35H39N5O4/c1-43-35(42)40(28-12-6-3-7-13-28)38-34(41)32-29-14-8-9-15-31(29)37-33(25-10-4-2-5-11-25)30(32)24-39-20-16-26(17-21-39)36-27-18-22-44-23-19-27/h2-15,26-27,36H,16-24H2,1H3,(H,38,41). The first-order valence-corrected chi connectivity index (χ1v) is 15.4. The van der Waals surface area contributed by atoms with Gasteiger partial charge in [0.1, 0.15) is 0 Å². The Bertz CT molecular complexity index is 1570. The molecular weight excluding hydrogens is 554 g/mol. The molecule has 9 nitrogen and oxygen atoms in total. The van der Waals surface area contributed by atoms with E-state index in [0.29, 0.717) is 35.4 Å². The van der Waals surface area contributed by atoms with Crippen molar-refractivity contribution in [1.82, 2.24) is 20.6 Å². The fourth-order valence-corrected chi connectivity index (χ4v) is 6.22. The van der Waals surface area contributed by atoms with Crippen molar-refractivity contribution in [2.45, 2.75) is 44.3 Å². The van der Waals surface area contributed by atoms with Gasteiger partial charge in [-0.3, -0.25) is 15.1 Å². The summed E-state index contributed by atoms with van der Waals surface area (Å²) in [7, 11) is 1.30. The number of carbonyl (C=O) groups is 2. The summed E-state index contributed by atoms with van der Waals surface area (Å²) >= 11 is 0. The summed E-state index contributed by atoms with van der Waals surface area (Å²) in [4.78, 5) is 34.7. The normalized spacial score (nSPS) is 16.5. The van der Waals surface area contributed by atoms with Gasteiger partial charge in [-0.1, -0.05) is 66.7 Å². The molecule has 2 amide bonds. The van der Waals surface area contributed by atoms with Crippen molar-refractivity contribution in [1.29, 1.82) is 0 Å². The minimum absolute atomic E-state index is 0.402. The zero-order valence-corrected chi connectivity index (χ0v) is 25.1. The highest BCUT2D eigenvalue weighted by Crippen LogP contribution is 2.32. The van der Waals surface area contributed by atoms with Crippen molar-refractivity contribution in [2.24, 2.45) is 0 Å². The first kappa shape index (κ1) is 29.7. The van der Waals surface area contributed by atoms with Crippen LogP contribution < -0.4 is 15.8 Å². The van der Waals surface area contributed by atoms with Gasteiger partial charge in [-0.2, -0.15) is 5.01 Å². The van der Waals surface area contributed by atoms with Gasteiger partial charge in [-0.05, 0) is 57.0 Å². The Morgan fingerprint density at radius 2 is 1.52 bits per heavy atom. The molecule has 2 saturated heterocycles. The highest BCUT2D eigenvalue weighted by Gasteiger charge is 2.29. The minimum atomic E-state index is -0.688. The van der Waals surface area contributed by atoms with Crippen molar-refractivity contribution >= 4 is 28.6 Å². The van der Waals surface area contributed by atoms with E-state index >= 15 is 0 Å². The van der Waals surface area contributed by atoms with Gasteiger partial charge in [-0.15, -0.1) is 0 Å². The number of methoxy groups -OCH3 is 1. The number of nitrogens with zero attached hydrogens (tertiary/aromatic N) is 3. The molecular formula is C35H39N5O4. The maximum absolute atomic E-state index is 14.4. The summed E-state index contributed by atoms with van der Waals surface area (Å²) in [5.74, 6) is -0.402. The predicted octanol–water partition coefficient (Wildman–Crippen LogP) is 5.55. The first-order valence-electron chi connectivity index (χ1n) is 15.4. The second-order valence-electron chi connectivity index (χ2n) is 11.4. The quantitative estimate of drug-likeness (QED) is 0.271. The second kappa shape index (κ2) is 14.0. The van der Waals surface area contributed by atoms with Crippen LogP contribution in [0.15, 0.2) is 84.9 Å². The SMILES string of the molecule is COC(=O)N(NC(=O)c1c(CN2CCC(NC3CCOCC3)CC2)c(-c2ccccc2)nc2ccccc12)c1ccccc1. The topological polar surface area (TPSA) is 96.0 Å². The lowest BCUT2D eigenvalue weighted by Gasteiger charge is -2.36. The van der Waals surface area contributed by atoms with Crippen LogP contribution >= 0.6 is 0 Å². The van der Waals surface area contributed by atoms with Crippen LogP contribution in [0.5, 0.6) is 0 Å². The van der Waals surface area contributed by atoms with E-state index in [1.165, 1.54) is 7.11 Å². The number of pyridine rings is 1. The smallest absolute Gasteiger partial charge is 0.433 e. The summed E-state index contributed by atoms with van der Waals surface area (Å²) < 4.78 is 10.6. The summed E-state index contributed by atoms with van der Waals surface area (Å²) in [6.07, 6.45) is 3.50. The van der Waals surface area contributed by atoms with Gasteiger partial charge in [0.25, 0.3) is 5.91 Å². The van der Waals surface area contributed by atoms with Crippen molar-refractivity contribution in [3.63, 3.8) is 0 Å². The summed E-state index contributed by atoms with van der Waals surface area (Å²) in [5.41, 5.74) is 7.10. The molecule has 1 aromatic heterocycles. The van der Waals surface area contributed by atoms with Crippen LogP contribution in [-0.4, -0.2) is 67.4 Å². The van der Waals surface area contributed by atoms with Gasteiger partial charge in [0, 0.05) is 48.4 Å². The van der Waals surface area contributed by atoms with Gasteiger partial charge in [0.15, 0.2) is 0 Å². The van der Waals surface area contributed by atoms with Gasteiger partial charge < -0.3 is 14.8 Å². The molecule has 4 aromatic rings. The number of rotatable bonds is 7. The Morgan fingerprint density at radius 1 is 0.886 bits per heavy atom. The molecule has 2 fully saturated rings. The highest BCUT2D eigenvalue weighted by atomic mass is 16.5. The average Bonchev–Trinajstić information content (AvgIpc) is 3.08. The molecule has 2 aliphatic rings. The van der Waals surface area contributed by atoms with Gasteiger partial charge in [0.05, 0.1) is 29.6 Å². The van der Waals surface area contributed by atoms with E-state index in [1.807, 2.05) is 60.7 Å². The number of hydrazine groups is 1. The molecule has 0 atom stereocenters. The summed E-state index contributed by atoms with van der Waals surface area (Å²) in [6, 6.07) is 27.6. The molecule has 0 spiro atoms. The molecule has 0 radical (unpaired) electrons. The molecule has 6 rings (SSSR count). The van der Waals surface area contributed by atoms with Crippen LogP contribution in [0.2, 0.25) is 0 Å².